The van der Waals surface area contributed by atoms with Gasteiger partial charge in [-0.05, 0) is 6.92 Å². The van der Waals surface area contributed by atoms with Gasteiger partial charge >= 0.3 is 0 Å². The van der Waals surface area contributed by atoms with E-state index >= 15 is 0 Å². The van der Waals surface area contributed by atoms with E-state index in [2.05, 4.69) is 23.1 Å². The molecule has 0 rings (SSSR count). The number of Topliss-reactive ketones (excluding diaryl/α,β-unsaturated/α-hetero) is 1. The van der Waals surface area contributed by atoms with Crippen LogP contribution in [0.5, 0.6) is 0 Å². The van der Waals surface area contributed by atoms with E-state index in [1.54, 1.807) is 6.92 Å². The monoisotopic (exact) mass is 149 g/mol. The Morgan fingerprint density at radius 3 is 2.91 bits per heavy atom. The standard InChI is InChI=1S/C9H11NO/c1-3-5-6-9(11)8-10-7-4-2/h2,10H,6-8H2,1H3. The van der Waals surface area contributed by atoms with Crippen LogP contribution in [0.25, 0.3) is 0 Å². The molecule has 0 atom stereocenters. The molecule has 58 valence electrons. The number of rotatable bonds is 4. The molecule has 0 fully saturated rings. The second-order valence-corrected chi connectivity index (χ2v) is 1.95. The molecule has 0 unspecified atom stereocenters. The highest BCUT2D eigenvalue weighted by molar-refractivity contribution is 5.82. The summed E-state index contributed by atoms with van der Waals surface area (Å²) in [4.78, 5) is 10.8. The Labute approximate surface area is 67.4 Å². The van der Waals surface area contributed by atoms with Gasteiger partial charge in [0.05, 0.1) is 19.5 Å². The molecule has 0 aliphatic rings. The smallest absolute Gasteiger partial charge is 0.158 e. The second kappa shape index (κ2) is 6.86. The highest BCUT2D eigenvalue weighted by atomic mass is 16.1. The van der Waals surface area contributed by atoms with Gasteiger partial charge in [-0.1, -0.05) is 11.8 Å². The van der Waals surface area contributed by atoms with Crippen molar-refractivity contribution in [2.75, 3.05) is 13.1 Å². The minimum Gasteiger partial charge on any atom is -0.299 e. The van der Waals surface area contributed by atoms with Crippen molar-refractivity contribution in [3.8, 4) is 24.2 Å². The van der Waals surface area contributed by atoms with Crippen molar-refractivity contribution in [3.05, 3.63) is 0 Å². The first-order valence-electron chi connectivity index (χ1n) is 3.36. The van der Waals surface area contributed by atoms with Crippen LogP contribution in [0.4, 0.5) is 0 Å². The summed E-state index contributed by atoms with van der Waals surface area (Å²) in [5, 5.41) is 2.79. The van der Waals surface area contributed by atoms with Gasteiger partial charge in [-0.2, -0.15) is 0 Å². The molecule has 0 aromatic heterocycles. The van der Waals surface area contributed by atoms with Gasteiger partial charge < -0.3 is 0 Å². The lowest BCUT2D eigenvalue weighted by atomic mass is 10.3. The summed E-state index contributed by atoms with van der Waals surface area (Å²) >= 11 is 0. The fourth-order valence-electron chi connectivity index (χ4n) is 0.524. The zero-order chi connectivity index (χ0) is 8.53. The Kier molecular flexibility index (Phi) is 6.08. The summed E-state index contributed by atoms with van der Waals surface area (Å²) < 4.78 is 0. The molecule has 0 aliphatic carbocycles. The lowest BCUT2D eigenvalue weighted by molar-refractivity contribution is -0.117. The van der Waals surface area contributed by atoms with Crippen molar-refractivity contribution >= 4 is 5.78 Å². The number of hydrogen-bond acceptors (Lipinski definition) is 2. The maximum Gasteiger partial charge on any atom is 0.158 e. The van der Waals surface area contributed by atoms with E-state index in [4.69, 9.17) is 6.42 Å². The molecule has 2 heteroatoms. The van der Waals surface area contributed by atoms with Crippen molar-refractivity contribution in [2.24, 2.45) is 0 Å². The van der Waals surface area contributed by atoms with E-state index in [1.807, 2.05) is 0 Å². The van der Waals surface area contributed by atoms with Crippen molar-refractivity contribution in [1.29, 1.82) is 0 Å². The number of carbonyl (C=O) groups excluding carboxylic acids is 1. The van der Waals surface area contributed by atoms with Crippen LogP contribution in [-0.2, 0) is 4.79 Å². The van der Waals surface area contributed by atoms with Gasteiger partial charge in [-0.15, -0.1) is 12.3 Å². The third kappa shape index (κ3) is 6.64. The number of carbonyl (C=O) groups is 1. The molecule has 0 bridgehead atoms. The molecule has 1 N–H and O–H groups in total. The Morgan fingerprint density at radius 1 is 1.64 bits per heavy atom. The van der Waals surface area contributed by atoms with E-state index in [0.717, 1.165) is 0 Å². The number of ketones is 1. The predicted molar refractivity (Wildman–Crippen MR) is 44.8 cm³/mol. The van der Waals surface area contributed by atoms with Gasteiger partial charge in [0.2, 0.25) is 0 Å². The van der Waals surface area contributed by atoms with Crippen LogP contribution >= 0.6 is 0 Å². The molecule has 0 radical (unpaired) electrons. The minimum absolute atomic E-state index is 0.0783. The summed E-state index contributed by atoms with van der Waals surface area (Å²) in [6.07, 6.45) is 5.28. The number of nitrogens with one attached hydrogen (secondary N) is 1. The maximum absolute atomic E-state index is 10.8. The van der Waals surface area contributed by atoms with E-state index in [0.29, 0.717) is 19.5 Å². The van der Waals surface area contributed by atoms with Gasteiger partial charge in [-0.25, -0.2) is 0 Å². The first-order valence-corrected chi connectivity index (χ1v) is 3.36. The van der Waals surface area contributed by atoms with Crippen LogP contribution < -0.4 is 5.32 Å². The zero-order valence-electron chi connectivity index (χ0n) is 6.61. The van der Waals surface area contributed by atoms with Gasteiger partial charge in [0.15, 0.2) is 5.78 Å². The second-order valence-electron chi connectivity index (χ2n) is 1.95. The fourth-order valence-corrected chi connectivity index (χ4v) is 0.524. The van der Waals surface area contributed by atoms with E-state index in [-0.39, 0.29) is 5.78 Å². The van der Waals surface area contributed by atoms with Gasteiger partial charge in [0.25, 0.3) is 0 Å². The molecule has 0 aliphatic heterocycles. The SMILES string of the molecule is C#CCNCC(=O)CC#CC. The lowest BCUT2D eigenvalue weighted by Crippen LogP contribution is -2.22. The van der Waals surface area contributed by atoms with Gasteiger partial charge in [0, 0.05) is 0 Å². The van der Waals surface area contributed by atoms with E-state index in [9.17, 15) is 4.79 Å². The Balaban J connectivity index is 3.37. The summed E-state index contributed by atoms with van der Waals surface area (Å²) in [7, 11) is 0. The summed E-state index contributed by atoms with van der Waals surface area (Å²) in [6.45, 7) is 2.46. The minimum atomic E-state index is 0.0783. The van der Waals surface area contributed by atoms with Crippen LogP contribution in [0.1, 0.15) is 13.3 Å². The molecule has 0 heterocycles. The van der Waals surface area contributed by atoms with Crippen LogP contribution in [0.3, 0.4) is 0 Å². The van der Waals surface area contributed by atoms with Gasteiger partial charge in [0.1, 0.15) is 0 Å². The molecule has 0 amide bonds. The highest BCUT2D eigenvalue weighted by Gasteiger charge is 1.95. The first-order chi connectivity index (χ1) is 5.31. The Hall–Kier alpha value is -1.25. The third-order valence-corrected chi connectivity index (χ3v) is 1.01. The van der Waals surface area contributed by atoms with Crippen LogP contribution in [0, 0.1) is 24.2 Å². The predicted octanol–water partition coefficient (Wildman–Crippen LogP) is 0.192. The largest absolute Gasteiger partial charge is 0.299 e. The quantitative estimate of drug-likeness (QED) is 0.456. The molecule has 2 nitrogen and oxygen atoms in total. The van der Waals surface area contributed by atoms with E-state index in [1.165, 1.54) is 0 Å². The molecular weight excluding hydrogens is 138 g/mol. The fraction of sp³-hybridized carbons (Fsp3) is 0.444. The average Bonchev–Trinajstić information content (AvgIpc) is 2.01. The first kappa shape index (κ1) is 9.75. The summed E-state index contributed by atoms with van der Waals surface area (Å²) in [6, 6.07) is 0. The molecule has 11 heavy (non-hydrogen) atoms. The molecular formula is C9H11NO. The molecule has 0 spiro atoms. The molecule has 0 aromatic carbocycles. The maximum atomic E-state index is 10.8. The topological polar surface area (TPSA) is 29.1 Å². The molecule has 0 saturated carbocycles. The number of hydrogen-bond donors (Lipinski definition) is 1. The summed E-state index contributed by atoms with van der Waals surface area (Å²) in [5.74, 6) is 7.79. The van der Waals surface area contributed by atoms with E-state index < -0.39 is 0 Å². The van der Waals surface area contributed by atoms with Crippen LogP contribution in [0.2, 0.25) is 0 Å². The van der Waals surface area contributed by atoms with Crippen molar-refractivity contribution in [1.82, 2.24) is 5.32 Å². The molecule has 0 aromatic rings. The van der Waals surface area contributed by atoms with Gasteiger partial charge in [-0.3, -0.25) is 10.1 Å². The highest BCUT2D eigenvalue weighted by Crippen LogP contribution is 1.77. The van der Waals surface area contributed by atoms with Crippen molar-refractivity contribution in [2.45, 2.75) is 13.3 Å². The van der Waals surface area contributed by atoms with Crippen LogP contribution in [-0.4, -0.2) is 18.9 Å². The average molecular weight is 149 g/mol. The zero-order valence-corrected chi connectivity index (χ0v) is 6.61. The van der Waals surface area contributed by atoms with Crippen molar-refractivity contribution in [3.63, 3.8) is 0 Å². The Morgan fingerprint density at radius 2 is 2.36 bits per heavy atom. The summed E-state index contributed by atoms with van der Waals surface area (Å²) in [5.41, 5.74) is 0. The number of terminal acetylenes is 1. The van der Waals surface area contributed by atoms with Crippen molar-refractivity contribution < 1.29 is 4.79 Å². The molecule has 0 saturated heterocycles. The lowest BCUT2D eigenvalue weighted by Gasteiger charge is -1.94. The third-order valence-electron chi connectivity index (χ3n) is 1.01. The normalized spacial score (nSPS) is 7.64. The Bertz CT molecular complexity index is 214. The van der Waals surface area contributed by atoms with Crippen LogP contribution in [0.15, 0.2) is 0 Å².